The number of nitrogens with zero attached hydrogens (tertiary/aromatic N) is 1. The van der Waals surface area contributed by atoms with Gasteiger partial charge in [0, 0.05) is 12.6 Å². The highest BCUT2D eigenvalue weighted by Crippen LogP contribution is 2.26. The number of carbonyl (C=O) groups is 2. The maximum Gasteiger partial charge on any atom is 0.310 e. The third-order valence-corrected chi connectivity index (χ3v) is 4.82. The van der Waals surface area contributed by atoms with E-state index in [2.05, 4.69) is 0 Å². The van der Waals surface area contributed by atoms with Crippen molar-refractivity contribution in [2.45, 2.75) is 32.2 Å². The lowest BCUT2D eigenvalue weighted by molar-refractivity contribution is -0.150. The smallest absolute Gasteiger partial charge is 0.310 e. The zero-order valence-electron chi connectivity index (χ0n) is 12.6. The second-order valence-electron chi connectivity index (χ2n) is 5.62. The van der Waals surface area contributed by atoms with Crippen LogP contribution in [0.3, 0.4) is 0 Å². The van der Waals surface area contributed by atoms with Gasteiger partial charge in [-0.2, -0.15) is 0 Å². The first-order valence-corrected chi connectivity index (χ1v) is 7.99. The Bertz CT molecular complexity index is 577. The Balaban J connectivity index is 2.06. The molecule has 1 heterocycles. The van der Waals surface area contributed by atoms with Crippen molar-refractivity contribution in [2.24, 2.45) is 5.92 Å². The van der Waals surface area contributed by atoms with Crippen LogP contribution in [-0.4, -0.2) is 36.5 Å². The largest absolute Gasteiger partial charge is 0.469 e. The second kappa shape index (κ2) is 7.34. The fourth-order valence-corrected chi connectivity index (χ4v) is 3.06. The molecular formula is C16H19Cl2NO3. The first-order valence-electron chi connectivity index (χ1n) is 7.23. The third kappa shape index (κ3) is 3.93. The van der Waals surface area contributed by atoms with Gasteiger partial charge in [-0.1, -0.05) is 29.3 Å². The lowest BCUT2D eigenvalue weighted by Crippen LogP contribution is -2.48. The molecule has 1 aromatic carbocycles. The number of halogens is 2. The number of likely N-dealkylation sites (tertiary alicyclic amines) is 1. The van der Waals surface area contributed by atoms with E-state index in [0.29, 0.717) is 16.6 Å². The molecule has 120 valence electrons. The maximum atomic E-state index is 12.5. The number of carbonyl (C=O) groups excluding carboxylic acids is 2. The van der Waals surface area contributed by atoms with Crippen molar-refractivity contribution in [1.82, 2.24) is 4.90 Å². The van der Waals surface area contributed by atoms with E-state index in [1.807, 2.05) is 6.92 Å². The van der Waals surface area contributed by atoms with Gasteiger partial charge in [0.25, 0.3) is 0 Å². The maximum absolute atomic E-state index is 12.5. The van der Waals surface area contributed by atoms with E-state index in [1.54, 1.807) is 23.1 Å². The molecule has 1 aliphatic heterocycles. The van der Waals surface area contributed by atoms with Crippen molar-refractivity contribution in [1.29, 1.82) is 0 Å². The quantitative estimate of drug-likeness (QED) is 0.790. The van der Waals surface area contributed by atoms with Crippen LogP contribution >= 0.6 is 23.2 Å². The molecule has 22 heavy (non-hydrogen) atoms. The van der Waals surface area contributed by atoms with Crippen molar-refractivity contribution in [2.75, 3.05) is 13.7 Å². The predicted molar refractivity (Wildman–Crippen MR) is 86.1 cm³/mol. The standard InChI is InChI=1S/C16H19Cl2NO3/c1-10-3-5-12(16(21)22-2)9-19(10)15(20)8-11-4-6-13(17)14(18)7-11/h4,6-7,10,12H,3,5,8-9H2,1-2H3/t10-,12+/m0/s1. The van der Waals surface area contributed by atoms with Crippen LogP contribution in [0.1, 0.15) is 25.3 Å². The molecule has 2 atom stereocenters. The Kier molecular flexibility index (Phi) is 5.70. The Morgan fingerprint density at radius 1 is 1.27 bits per heavy atom. The van der Waals surface area contributed by atoms with E-state index in [4.69, 9.17) is 27.9 Å². The fourth-order valence-electron chi connectivity index (χ4n) is 2.74. The molecule has 0 radical (unpaired) electrons. The van der Waals surface area contributed by atoms with Crippen LogP contribution in [0.4, 0.5) is 0 Å². The summed E-state index contributed by atoms with van der Waals surface area (Å²) in [6, 6.07) is 5.30. The number of rotatable bonds is 3. The zero-order chi connectivity index (χ0) is 16.3. The van der Waals surface area contributed by atoms with Crippen molar-refractivity contribution in [3.63, 3.8) is 0 Å². The first kappa shape index (κ1) is 17.1. The van der Waals surface area contributed by atoms with E-state index in [1.165, 1.54) is 7.11 Å². The molecule has 0 N–H and O–H groups in total. The lowest BCUT2D eigenvalue weighted by Gasteiger charge is -2.37. The molecule has 0 aliphatic carbocycles. The summed E-state index contributed by atoms with van der Waals surface area (Å²) in [6.45, 7) is 2.41. The molecule has 0 aromatic heterocycles. The minimum absolute atomic E-state index is 0.0144. The van der Waals surface area contributed by atoms with E-state index in [-0.39, 0.29) is 30.3 Å². The summed E-state index contributed by atoms with van der Waals surface area (Å²) in [7, 11) is 1.38. The Morgan fingerprint density at radius 3 is 2.64 bits per heavy atom. The summed E-state index contributed by atoms with van der Waals surface area (Å²) >= 11 is 11.9. The van der Waals surface area contributed by atoms with Crippen LogP contribution in [0.2, 0.25) is 10.0 Å². The summed E-state index contributed by atoms with van der Waals surface area (Å²) in [5.74, 6) is -0.502. The van der Waals surface area contributed by atoms with E-state index < -0.39 is 0 Å². The van der Waals surface area contributed by atoms with Gasteiger partial charge in [0.2, 0.25) is 5.91 Å². The van der Waals surface area contributed by atoms with Gasteiger partial charge in [0.15, 0.2) is 0 Å². The molecule has 2 rings (SSSR count). The minimum Gasteiger partial charge on any atom is -0.469 e. The number of piperidine rings is 1. The molecule has 0 unspecified atom stereocenters. The first-order chi connectivity index (χ1) is 10.4. The molecule has 1 saturated heterocycles. The molecule has 0 spiro atoms. The van der Waals surface area contributed by atoms with Gasteiger partial charge >= 0.3 is 5.97 Å². The normalized spacial score (nSPS) is 21.5. The molecule has 1 aromatic rings. The van der Waals surface area contributed by atoms with Crippen LogP contribution in [0, 0.1) is 5.92 Å². The summed E-state index contributed by atoms with van der Waals surface area (Å²) in [4.78, 5) is 26.0. The van der Waals surface area contributed by atoms with Gasteiger partial charge in [-0.3, -0.25) is 9.59 Å². The van der Waals surface area contributed by atoms with Crippen molar-refractivity contribution >= 4 is 35.1 Å². The predicted octanol–water partition coefficient (Wildman–Crippen LogP) is 3.34. The molecule has 4 nitrogen and oxygen atoms in total. The zero-order valence-corrected chi connectivity index (χ0v) is 14.2. The van der Waals surface area contributed by atoms with Crippen LogP contribution in [0.25, 0.3) is 0 Å². The number of hydrogen-bond acceptors (Lipinski definition) is 3. The van der Waals surface area contributed by atoms with Crippen LogP contribution in [-0.2, 0) is 20.7 Å². The molecule has 1 fully saturated rings. The van der Waals surface area contributed by atoms with Gasteiger partial charge in [-0.05, 0) is 37.5 Å². The Morgan fingerprint density at radius 2 is 2.00 bits per heavy atom. The topological polar surface area (TPSA) is 46.6 Å². The molecule has 0 saturated carbocycles. The summed E-state index contributed by atoms with van der Waals surface area (Å²) < 4.78 is 4.79. The average Bonchev–Trinajstić information content (AvgIpc) is 2.50. The van der Waals surface area contributed by atoms with E-state index in [9.17, 15) is 9.59 Å². The van der Waals surface area contributed by atoms with E-state index >= 15 is 0 Å². The highest BCUT2D eigenvalue weighted by Gasteiger charge is 2.33. The summed E-state index contributed by atoms with van der Waals surface area (Å²) in [6.07, 6.45) is 1.80. The lowest BCUT2D eigenvalue weighted by atomic mass is 9.93. The van der Waals surface area contributed by atoms with Gasteiger partial charge in [0.1, 0.15) is 0 Å². The van der Waals surface area contributed by atoms with Crippen molar-refractivity contribution in [3.05, 3.63) is 33.8 Å². The number of hydrogen-bond donors (Lipinski definition) is 0. The minimum atomic E-state index is -0.251. The van der Waals surface area contributed by atoms with Gasteiger partial charge in [0.05, 0.1) is 29.5 Å². The average molecular weight is 344 g/mol. The molecule has 0 bridgehead atoms. The fraction of sp³-hybridized carbons (Fsp3) is 0.500. The molecule has 6 heteroatoms. The number of benzene rings is 1. The van der Waals surface area contributed by atoms with Crippen molar-refractivity contribution < 1.29 is 14.3 Å². The van der Waals surface area contributed by atoms with Gasteiger partial charge in [-0.25, -0.2) is 0 Å². The Labute approximate surface area is 140 Å². The monoisotopic (exact) mass is 343 g/mol. The van der Waals surface area contributed by atoms with Crippen LogP contribution in [0.5, 0.6) is 0 Å². The summed E-state index contributed by atoms with van der Waals surface area (Å²) in [5, 5.41) is 0.904. The second-order valence-corrected chi connectivity index (χ2v) is 6.43. The number of ether oxygens (including phenoxy) is 1. The SMILES string of the molecule is COC(=O)[C@@H]1CC[C@H](C)N(C(=O)Cc2ccc(Cl)c(Cl)c2)C1. The highest BCUT2D eigenvalue weighted by molar-refractivity contribution is 6.42. The van der Waals surface area contributed by atoms with E-state index in [0.717, 1.165) is 18.4 Å². The third-order valence-electron chi connectivity index (χ3n) is 4.08. The summed E-state index contributed by atoms with van der Waals surface area (Å²) in [5.41, 5.74) is 0.812. The van der Waals surface area contributed by atoms with Gasteiger partial charge in [-0.15, -0.1) is 0 Å². The number of amides is 1. The van der Waals surface area contributed by atoms with Crippen LogP contribution in [0.15, 0.2) is 18.2 Å². The molecule has 1 amide bonds. The molecular weight excluding hydrogens is 325 g/mol. The molecule has 1 aliphatic rings. The Hall–Kier alpha value is -1.26. The number of methoxy groups -OCH3 is 1. The van der Waals surface area contributed by atoms with Gasteiger partial charge < -0.3 is 9.64 Å². The number of esters is 1. The van der Waals surface area contributed by atoms with Crippen molar-refractivity contribution in [3.8, 4) is 0 Å². The van der Waals surface area contributed by atoms with Crippen LogP contribution < -0.4 is 0 Å². The highest BCUT2D eigenvalue weighted by atomic mass is 35.5.